The van der Waals surface area contributed by atoms with Crippen LogP contribution < -0.4 is 5.32 Å². The minimum atomic E-state index is 0.856. The summed E-state index contributed by atoms with van der Waals surface area (Å²) in [6.45, 7) is 1.80. The topological polar surface area (TPSA) is 47.7 Å². The molecule has 0 radical (unpaired) electrons. The maximum Gasteiger partial charge on any atom is 0.0518 e. The fraction of sp³-hybridized carbons (Fsp3) is 0.455. The summed E-state index contributed by atoms with van der Waals surface area (Å²) >= 11 is 0. The van der Waals surface area contributed by atoms with E-state index in [1.165, 1.54) is 11.4 Å². The number of aryl methyl sites for hydroxylation is 2. The molecule has 0 saturated carbocycles. The first-order valence-electron chi connectivity index (χ1n) is 5.42. The van der Waals surface area contributed by atoms with Crippen LogP contribution in [0.15, 0.2) is 24.5 Å². The van der Waals surface area contributed by atoms with Crippen molar-refractivity contribution in [3.05, 3.63) is 35.9 Å². The molecule has 0 amide bonds. The maximum absolute atomic E-state index is 4.13. The van der Waals surface area contributed by atoms with Crippen LogP contribution in [0.4, 0.5) is 0 Å². The lowest BCUT2D eigenvalue weighted by molar-refractivity contribution is 0.609. The third kappa shape index (κ3) is 2.49. The van der Waals surface area contributed by atoms with Gasteiger partial charge < -0.3 is 5.32 Å². The van der Waals surface area contributed by atoms with Gasteiger partial charge in [0.25, 0.3) is 0 Å². The molecule has 16 heavy (non-hydrogen) atoms. The molecule has 0 atom stereocenters. The van der Waals surface area contributed by atoms with Gasteiger partial charge in [-0.05, 0) is 12.1 Å². The van der Waals surface area contributed by atoms with E-state index < -0.39 is 0 Å². The highest BCUT2D eigenvalue weighted by atomic mass is 15.3. The van der Waals surface area contributed by atoms with E-state index >= 15 is 0 Å². The van der Waals surface area contributed by atoms with E-state index in [9.17, 15) is 0 Å². The van der Waals surface area contributed by atoms with E-state index in [1.54, 1.807) is 0 Å². The van der Waals surface area contributed by atoms with Gasteiger partial charge in [-0.15, -0.1) is 0 Å². The normalized spacial score (nSPS) is 10.9. The number of nitrogens with zero attached hydrogens (tertiary/aromatic N) is 4. The molecular formula is C11H17N5. The average Bonchev–Trinajstić information content (AvgIpc) is 2.84. The molecule has 0 bridgehead atoms. The number of rotatable bonds is 5. The van der Waals surface area contributed by atoms with Gasteiger partial charge in [-0.2, -0.15) is 10.2 Å². The summed E-state index contributed by atoms with van der Waals surface area (Å²) in [5.74, 6) is 0. The Morgan fingerprint density at radius 2 is 1.69 bits per heavy atom. The molecule has 0 saturated heterocycles. The van der Waals surface area contributed by atoms with E-state index in [0.29, 0.717) is 0 Å². The van der Waals surface area contributed by atoms with Crippen molar-refractivity contribution in [2.24, 2.45) is 14.1 Å². The van der Waals surface area contributed by atoms with Crippen LogP contribution in [0.25, 0.3) is 0 Å². The number of nitrogens with one attached hydrogen (secondary N) is 1. The second kappa shape index (κ2) is 4.94. The first-order chi connectivity index (χ1) is 7.77. The molecule has 5 heteroatoms. The summed E-state index contributed by atoms with van der Waals surface area (Å²) in [6, 6.07) is 4.07. The van der Waals surface area contributed by atoms with Gasteiger partial charge in [0.2, 0.25) is 0 Å². The SMILES string of the molecule is Cn1nccc1CCNCc1ccnn1C. The van der Waals surface area contributed by atoms with Crippen LogP contribution in [-0.2, 0) is 27.1 Å². The number of aromatic nitrogens is 4. The smallest absolute Gasteiger partial charge is 0.0518 e. The van der Waals surface area contributed by atoms with Gasteiger partial charge in [0.05, 0.1) is 5.69 Å². The standard InChI is InChI=1S/C11H17N5/c1-15-10(4-7-13-15)3-6-12-9-11-5-8-14-16(11)2/h4-5,7-8,12H,3,6,9H2,1-2H3. The zero-order valence-corrected chi connectivity index (χ0v) is 9.72. The quantitative estimate of drug-likeness (QED) is 0.744. The van der Waals surface area contributed by atoms with E-state index in [1.807, 2.05) is 48.0 Å². The van der Waals surface area contributed by atoms with Crippen molar-refractivity contribution in [3.63, 3.8) is 0 Å². The van der Waals surface area contributed by atoms with Crippen LogP contribution in [0.3, 0.4) is 0 Å². The summed E-state index contributed by atoms with van der Waals surface area (Å²) in [4.78, 5) is 0. The molecule has 0 aliphatic heterocycles. The Hall–Kier alpha value is -1.62. The highest BCUT2D eigenvalue weighted by molar-refractivity contribution is 5.01. The van der Waals surface area contributed by atoms with E-state index in [0.717, 1.165) is 19.5 Å². The molecule has 0 fully saturated rings. The summed E-state index contributed by atoms with van der Waals surface area (Å²) in [5.41, 5.74) is 2.45. The van der Waals surface area contributed by atoms with Crippen molar-refractivity contribution in [1.82, 2.24) is 24.9 Å². The van der Waals surface area contributed by atoms with Gasteiger partial charge in [0.15, 0.2) is 0 Å². The van der Waals surface area contributed by atoms with E-state index in [2.05, 4.69) is 15.5 Å². The molecule has 86 valence electrons. The average molecular weight is 219 g/mol. The molecule has 2 rings (SSSR count). The molecule has 0 aliphatic rings. The number of hydrogen-bond donors (Lipinski definition) is 1. The Balaban J connectivity index is 1.74. The monoisotopic (exact) mass is 219 g/mol. The molecule has 2 heterocycles. The third-order valence-electron chi connectivity index (χ3n) is 2.71. The van der Waals surface area contributed by atoms with Gasteiger partial charge in [0, 0.05) is 51.7 Å². The first-order valence-corrected chi connectivity index (χ1v) is 5.42. The Morgan fingerprint density at radius 1 is 1.06 bits per heavy atom. The lowest BCUT2D eigenvalue weighted by Crippen LogP contribution is -2.19. The molecule has 0 unspecified atom stereocenters. The Morgan fingerprint density at radius 3 is 2.25 bits per heavy atom. The van der Waals surface area contributed by atoms with Gasteiger partial charge in [0.1, 0.15) is 0 Å². The molecule has 5 nitrogen and oxygen atoms in total. The predicted molar refractivity (Wildman–Crippen MR) is 61.8 cm³/mol. The third-order valence-corrected chi connectivity index (χ3v) is 2.71. The first kappa shape index (κ1) is 10.9. The fourth-order valence-electron chi connectivity index (χ4n) is 1.65. The zero-order valence-electron chi connectivity index (χ0n) is 9.72. The maximum atomic E-state index is 4.13. The summed E-state index contributed by atoms with van der Waals surface area (Å²) in [5, 5.41) is 11.6. The van der Waals surface area contributed by atoms with Crippen molar-refractivity contribution in [3.8, 4) is 0 Å². The van der Waals surface area contributed by atoms with Gasteiger partial charge in [-0.3, -0.25) is 9.36 Å². The van der Waals surface area contributed by atoms with Gasteiger partial charge >= 0.3 is 0 Å². The summed E-state index contributed by atoms with van der Waals surface area (Å²) < 4.78 is 3.79. The second-order valence-corrected chi connectivity index (χ2v) is 3.82. The zero-order chi connectivity index (χ0) is 11.4. The molecular weight excluding hydrogens is 202 g/mol. The van der Waals surface area contributed by atoms with Crippen LogP contribution in [0, 0.1) is 0 Å². The predicted octanol–water partition coefficient (Wildman–Crippen LogP) is 0.486. The fourth-order valence-corrected chi connectivity index (χ4v) is 1.65. The van der Waals surface area contributed by atoms with Crippen LogP contribution in [0.5, 0.6) is 0 Å². The number of hydrogen-bond acceptors (Lipinski definition) is 3. The van der Waals surface area contributed by atoms with Crippen molar-refractivity contribution >= 4 is 0 Å². The van der Waals surface area contributed by atoms with Crippen LogP contribution >= 0.6 is 0 Å². The minimum absolute atomic E-state index is 0.856. The van der Waals surface area contributed by atoms with Crippen LogP contribution in [-0.4, -0.2) is 26.1 Å². The molecule has 0 aromatic carbocycles. The van der Waals surface area contributed by atoms with Crippen molar-refractivity contribution in [2.75, 3.05) is 6.54 Å². The Labute approximate surface area is 95.1 Å². The molecule has 0 aliphatic carbocycles. The highest BCUT2D eigenvalue weighted by Crippen LogP contribution is 1.98. The Bertz CT molecular complexity index is 400. The van der Waals surface area contributed by atoms with E-state index in [-0.39, 0.29) is 0 Å². The second-order valence-electron chi connectivity index (χ2n) is 3.82. The Kier molecular flexibility index (Phi) is 3.36. The minimum Gasteiger partial charge on any atom is -0.311 e. The van der Waals surface area contributed by atoms with Gasteiger partial charge in [-0.25, -0.2) is 0 Å². The van der Waals surface area contributed by atoms with Crippen LogP contribution in [0.1, 0.15) is 11.4 Å². The lowest BCUT2D eigenvalue weighted by Gasteiger charge is -2.05. The molecule has 2 aromatic heterocycles. The van der Waals surface area contributed by atoms with Crippen molar-refractivity contribution < 1.29 is 0 Å². The molecule has 0 spiro atoms. The summed E-state index contributed by atoms with van der Waals surface area (Å²) in [7, 11) is 3.93. The van der Waals surface area contributed by atoms with Crippen LogP contribution in [0.2, 0.25) is 0 Å². The van der Waals surface area contributed by atoms with E-state index in [4.69, 9.17) is 0 Å². The summed E-state index contributed by atoms with van der Waals surface area (Å²) in [6.07, 6.45) is 4.64. The van der Waals surface area contributed by atoms with Gasteiger partial charge in [-0.1, -0.05) is 0 Å². The lowest BCUT2D eigenvalue weighted by atomic mass is 10.3. The largest absolute Gasteiger partial charge is 0.311 e. The molecule has 1 N–H and O–H groups in total. The van der Waals surface area contributed by atoms with Crippen molar-refractivity contribution in [2.45, 2.75) is 13.0 Å². The van der Waals surface area contributed by atoms with Crippen molar-refractivity contribution in [1.29, 1.82) is 0 Å². The highest BCUT2D eigenvalue weighted by Gasteiger charge is 1.99. The molecule has 2 aromatic rings.